The van der Waals surface area contributed by atoms with Gasteiger partial charge in [-0.2, -0.15) is 5.26 Å². The molecule has 1 saturated carbocycles. The van der Waals surface area contributed by atoms with Gasteiger partial charge in [0.1, 0.15) is 11.6 Å². The second kappa shape index (κ2) is 10.8. The summed E-state index contributed by atoms with van der Waals surface area (Å²) in [5, 5.41) is 15.0. The zero-order chi connectivity index (χ0) is 22.1. The van der Waals surface area contributed by atoms with Crippen molar-refractivity contribution in [3.8, 4) is 6.07 Å². The predicted molar refractivity (Wildman–Crippen MR) is 112 cm³/mol. The Hall–Kier alpha value is -2.88. The Kier molecular flexibility index (Phi) is 8.40. The number of ether oxygens (including phenoxy) is 1. The Morgan fingerprint density at radius 2 is 1.73 bits per heavy atom. The second-order valence-corrected chi connectivity index (χ2v) is 8.27. The van der Waals surface area contributed by atoms with Crippen LogP contribution in [-0.4, -0.2) is 35.5 Å². The molecule has 2 unspecified atom stereocenters. The number of rotatable bonds is 8. The van der Waals surface area contributed by atoms with Crippen molar-refractivity contribution >= 4 is 17.8 Å². The van der Waals surface area contributed by atoms with E-state index >= 15 is 0 Å². The summed E-state index contributed by atoms with van der Waals surface area (Å²) in [6.45, 7) is 5.07. The normalized spacial score (nSPS) is 17.3. The van der Waals surface area contributed by atoms with Gasteiger partial charge < -0.3 is 15.4 Å². The van der Waals surface area contributed by atoms with Crippen LogP contribution in [0, 0.1) is 17.2 Å². The second-order valence-electron chi connectivity index (χ2n) is 8.27. The lowest BCUT2D eigenvalue weighted by atomic mass is 9.83. The molecule has 2 N–H and O–H groups in total. The average Bonchev–Trinajstić information content (AvgIpc) is 2.73. The van der Waals surface area contributed by atoms with Gasteiger partial charge in [-0.1, -0.05) is 63.4 Å². The molecule has 0 spiro atoms. The van der Waals surface area contributed by atoms with Gasteiger partial charge >= 0.3 is 5.97 Å². The summed E-state index contributed by atoms with van der Waals surface area (Å²) in [6.07, 6.45) is 3.09. The van der Waals surface area contributed by atoms with E-state index in [1.54, 1.807) is 13.8 Å². The maximum absolute atomic E-state index is 12.6. The first-order chi connectivity index (χ1) is 14.3. The van der Waals surface area contributed by atoms with Crippen molar-refractivity contribution in [3.63, 3.8) is 0 Å². The minimum atomic E-state index is -1.06. The minimum Gasteiger partial charge on any atom is -0.451 e. The molecule has 1 fully saturated rings. The van der Waals surface area contributed by atoms with Crippen LogP contribution < -0.4 is 10.6 Å². The minimum absolute atomic E-state index is 0.151. The van der Waals surface area contributed by atoms with E-state index in [4.69, 9.17) is 4.74 Å². The molecule has 0 bridgehead atoms. The average molecular weight is 414 g/mol. The molecule has 0 aromatic heterocycles. The molecular formula is C23H31N3O4. The number of carbonyl (C=O) groups excluding carboxylic acids is 3. The van der Waals surface area contributed by atoms with Gasteiger partial charge in [-0.3, -0.25) is 9.59 Å². The van der Waals surface area contributed by atoms with E-state index in [0.717, 1.165) is 24.8 Å². The van der Waals surface area contributed by atoms with Crippen LogP contribution in [-0.2, 0) is 25.5 Å². The molecule has 2 atom stereocenters. The molecule has 2 rings (SSSR count). The maximum atomic E-state index is 12.6. The Morgan fingerprint density at radius 3 is 2.30 bits per heavy atom. The van der Waals surface area contributed by atoms with Gasteiger partial charge in [0.05, 0.1) is 12.5 Å². The lowest BCUT2D eigenvalue weighted by Gasteiger charge is -2.32. The van der Waals surface area contributed by atoms with Gasteiger partial charge in [-0.25, -0.2) is 4.79 Å². The molecule has 0 aliphatic heterocycles. The summed E-state index contributed by atoms with van der Waals surface area (Å²) in [4.78, 5) is 37.5. The first kappa shape index (κ1) is 23.4. The van der Waals surface area contributed by atoms with Crippen molar-refractivity contribution in [1.82, 2.24) is 10.6 Å². The van der Waals surface area contributed by atoms with Crippen molar-refractivity contribution in [2.75, 3.05) is 0 Å². The van der Waals surface area contributed by atoms with Gasteiger partial charge in [0, 0.05) is 0 Å². The van der Waals surface area contributed by atoms with Crippen molar-refractivity contribution in [1.29, 1.82) is 5.26 Å². The lowest BCUT2D eigenvalue weighted by Crippen LogP contribution is -2.53. The Labute approximate surface area is 178 Å². The third-order valence-corrected chi connectivity index (χ3v) is 5.39. The molecular weight excluding hydrogens is 382 g/mol. The standard InChI is InChI=1S/C23H31N3O4/c1-16(2)20(25-19(27)14-18-10-6-4-7-11-18)22(29)30-17(3)21(28)26-23(15-24)12-8-5-9-13-23/h4,6-7,10-11,16-17,20H,5,8-9,12-14H2,1-3H3,(H,25,27)(H,26,28). The fourth-order valence-corrected chi connectivity index (χ4v) is 3.56. The van der Waals surface area contributed by atoms with Gasteiger partial charge in [-0.15, -0.1) is 0 Å². The van der Waals surface area contributed by atoms with Crippen molar-refractivity contribution in [2.45, 2.75) is 77.0 Å². The number of nitrogens with one attached hydrogen (secondary N) is 2. The topological polar surface area (TPSA) is 108 Å². The monoisotopic (exact) mass is 413 g/mol. The molecule has 1 aromatic rings. The predicted octanol–water partition coefficient (Wildman–Crippen LogP) is 2.64. The third-order valence-electron chi connectivity index (χ3n) is 5.39. The lowest BCUT2D eigenvalue weighted by molar-refractivity contribution is -0.159. The zero-order valence-electron chi connectivity index (χ0n) is 17.9. The highest BCUT2D eigenvalue weighted by Gasteiger charge is 2.36. The first-order valence-electron chi connectivity index (χ1n) is 10.5. The van der Waals surface area contributed by atoms with Crippen molar-refractivity contribution < 1.29 is 19.1 Å². The summed E-state index contributed by atoms with van der Waals surface area (Å²) in [5.41, 5.74) is -0.0509. The highest BCUT2D eigenvalue weighted by atomic mass is 16.5. The number of nitriles is 1. The van der Waals surface area contributed by atoms with Crippen LogP contribution in [0.2, 0.25) is 0 Å². The molecule has 162 valence electrons. The van der Waals surface area contributed by atoms with Crippen LogP contribution in [0.5, 0.6) is 0 Å². The zero-order valence-corrected chi connectivity index (χ0v) is 17.9. The molecule has 30 heavy (non-hydrogen) atoms. The molecule has 7 heteroatoms. The van der Waals surface area contributed by atoms with E-state index in [1.807, 2.05) is 30.3 Å². The Balaban J connectivity index is 1.93. The van der Waals surface area contributed by atoms with Gasteiger partial charge in [0.2, 0.25) is 5.91 Å². The van der Waals surface area contributed by atoms with Crippen LogP contribution in [0.3, 0.4) is 0 Å². The summed E-state index contributed by atoms with van der Waals surface area (Å²) < 4.78 is 5.34. The van der Waals surface area contributed by atoms with Gasteiger partial charge in [-0.05, 0) is 31.2 Å². The molecule has 7 nitrogen and oxygen atoms in total. The number of esters is 1. The number of amides is 2. The molecule has 0 saturated heterocycles. The van der Waals surface area contributed by atoms with E-state index in [-0.39, 0.29) is 18.2 Å². The van der Waals surface area contributed by atoms with E-state index in [9.17, 15) is 19.6 Å². The van der Waals surface area contributed by atoms with E-state index in [1.165, 1.54) is 6.92 Å². The molecule has 1 aliphatic rings. The van der Waals surface area contributed by atoms with Gasteiger partial charge in [0.25, 0.3) is 5.91 Å². The quantitative estimate of drug-likeness (QED) is 0.637. The van der Waals surface area contributed by atoms with E-state index in [0.29, 0.717) is 12.8 Å². The van der Waals surface area contributed by atoms with Crippen LogP contribution >= 0.6 is 0 Å². The Bertz CT molecular complexity index is 779. The fraction of sp³-hybridized carbons (Fsp3) is 0.565. The number of hydrogen-bond donors (Lipinski definition) is 2. The van der Waals surface area contributed by atoms with Crippen molar-refractivity contribution in [2.24, 2.45) is 5.92 Å². The highest BCUT2D eigenvalue weighted by Crippen LogP contribution is 2.27. The number of hydrogen-bond acceptors (Lipinski definition) is 5. The summed E-state index contributed by atoms with van der Waals surface area (Å²) >= 11 is 0. The fourth-order valence-electron chi connectivity index (χ4n) is 3.56. The summed E-state index contributed by atoms with van der Waals surface area (Å²) in [6, 6.07) is 10.6. The molecule has 1 aliphatic carbocycles. The van der Waals surface area contributed by atoms with Crippen LogP contribution in [0.15, 0.2) is 30.3 Å². The smallest absolute Gasteiger partial charge is 0.329 e. The van der Waals surface area contributed by atoms with Gasteiger partial charge in [0.15, 0.2) is 6.10 Å². The number of nitrogens with zero attached hydrogens (tertiary/aromatic N) is 1. The van der Waals surface area contributed by atoms with Crippen LogP contribution in [0.25, 0.3) is 0 Å². The largest absolute Gasteiger partial charge is 0.451 e. The number of benzene rings is 1. The summed E-state index contributed by atoms with van der Waals surface area (Å²) in [7, 11) is 0. The van der Waals surface area contributed by atoms with Crippen molar-refractivity contribution in [3.05, 3.63) is 35.9 Å². The molecule has 1 aromatic carbocycles. The van der Waals surface area contributed by atoms with E-state index < -0.39 is 29.6 Å². The third kappa shape index (κ3) is 6.58. The SMILES string of the molecule is CC(OC(=O)C(NC(=O)Cc1ccccc1)C(C)C)C(=O)NC1(C#N)CCCCC1. The highest BCUT2D eigenvalue weighted by molar-refractivity contribution is 5.88. The Morgan fingerprint density at radius 1 is 1.10 bits per heavy atom. The van der Waals surface area contributed by atoms with E-state index in [2.05, 4.69) is 16.7 Å². The van der Waals surface area contributed by atoms with Crippen LogP contribution in [0.4, 0.5) is 0 Å². The maximum Gasteiger partial charge on any atom is 0.329 e. The molecule has 0 heterocycles. The molecule has 0 radical (unpaired) electrons. The summed E-state index contributed by atoms with van der Waals surface area (Å²) in [5.74, 6) is -1.66. The van der Waals surface area contributed by atoms with Crippen LogP contribution in [0.1, 0.15) is 58.4 Å². The first-order valence-corrected chi connectivity index (χ1v) is 10.5. The molecule has 2 amide bonds. The number of carbonyl (C=O) groups is 3.